The highest BCUT2D eigenvalue weighted by Gasteiger charge is 2.08. The molecule has 0 aliphatic rings. The Morgan fingerprint density at radius 3 is 2.74 bits per heavy atom. The van der Waals surface area contributed by atoms with Crippen LogP contribution in [0.2, 0.25) is 5.02 Å². The fourth-order valence-corrected chi connectivity index (χ4v) is 2.37. The summed E-state index contributed by atoms with van der Waals surface area (Å²) in [5.41, 5.74) is 1.70. The summed E-state index contributed by atoms with van der Waals surface area (Å²) >= 11 is 9.33. The van der Waals surface area contributed by atoms with Crippen molar-refractivity contribution >= 4 is 33.3 Å². The molecule has 0 atom stereocenters. The van der Waals surface area contributed by atoms with E-state index in [2.05, 4.69) is 15.9 Å². The molecule has 2 aromatic rings. The number of carbonyl (C=O) groups is 1. The van der Waals surface area contributed by atoms with Crippen molar-refractivity contribution in [3.05, 3.63) is 63.1 Å². The number of aryl methyl sites for hydroxylation is 1. The van der Waals surface area contributed by atoms with Gasteiger partial charge in [0.1, 0.15) is 5.75 Å². The average Bonchev–Trinajstić information content (AvgIpc) is 2.37. The van der Waals surface area contributed by atoms with E-state index in [1.165, 1.54) is 0 Å². The minimum Gasteiger partial charge on any atom is -0.484 e. The van der Waals surface area contributed by atoms with Crippen molar-refractivity contribution < 1.29 is 9.53 Å². The Bertz CT molecular complexity index is 611. The van der Waals surface area contributed by atoms with Crippen molar-refractivity contribution in [3.8, 4) is 5.75 Å². The third-order valence-electron chi connectivity index (χ3n) is 2.59. The molecule has 0 heterocycles. The Morgan fingerprint density at radius 2 is 2.05 bits per heavy atom. The zero-order chi connectivity index (χ0) is 13.8. The number of Topliss-reactive ketones (excluding diaryl/α,β-unsaturated/α-hetero) is 1. The molecule has 2 nitrogen and oxygen atoms in total. The Kier molecular flexibility index (Phi) is 4.61. The SMILES string of the molecule is Cc1cccc(C(=O)COc2ccc(Br)cc2Cl)c1. The van der Waals surface area contributed by atoms with Gasteiger partial charge in [0.15, 0.2) is 12.4 Å². The van der Waals surface area contributed by atoms with Crippen LogP contribution in [0.3, 0.4) is 0 Å². The lowest BCUT2D eigenvalue weighted by Gasteiger charge is -2.08. The van der Waals surface area contributed by atoms with Gasteiger partial charge in [-0.15, -0.1) is 0 Å². The van der Waals surface area contributed by atoms with E-state index < -0.39 is 0 Å². The van der Waals surface area contributed by atoms with Gasteiger partial charge in [-0.1, -0.05) is 51.3 Å². The van der Waals surface area contributed by atoms with Gasteiger partial charge in [-0.05, 0) is 31.2 Å². The quantitative estimate of drug-likeness (QED) is 0.757. The molecule has 98 valence electrons. The molecule has 0 aliphatic heterocycles. The highest BCUT2D eigenvalue weighted by Crippen LogP contribution is 2.27. The third kappa shape index (κ3) is 3.82. The number of rotatable bonds is 4. The molecular formula is C15H12BrClO2. The molecule has 0 saturated heterocycles. The molecule has 0 N–H and O–H groups in total. The summed E-state index contributed by atoms with van der Waals surface area (Å²) in [6, 6.07) is 12.7. The molecule has 0 fully saturated rings. The number of ether oxygens (including phenoxy) is 1. The Labute approximate surface area is 125 Å². The van der Waals surface area contributed by atoms with Gasteiger partial charge in [0.25, 0.3) is 0 Å². The molecule has 19 heavy (non-hydrogen) atoms. The Balaban J connectivity index is 2.04. The van der Waals surface area contributed by atoms with Gasteiger partial charge in [-0.3, -0.25) is 4.79 Å². The first-order valence-electron chi connectivity index (χ1n) is 5.74. The summed E-state index contributed by atoms with van der Waals surface area (Å²) in [4.78, 5) is 12.0. The minimum atomic E-state index is -0.0670. The summed E-state index contributed by atoms with van der Waals surface area (Å²) in [6.45, 7) is 1.92. The minimum absolute atomic E-state index is 0.0230. The van der Waals surface area contributed by atoms with Crippen LogP contribution in [-0.2, 0) is 0 Å². The average molecular weight is 340 g/mol. The molecule has 0 aromatic heterocycles. The maximum absolute atomic E-state index is 12.0. The molecule has 0 bridgehead atoms. The van der Waals surface area contributed by atoms with Gasteiger partial charge in [0.05, 0.1) is 5.02 Å². The highest BCUT2D eigenvalue weighted by atomic mass is 79.9. The fourth-order valence-electron chi connectivity index (χ4n) is 1.64. The van der Waals surface area contributed by atoms with Gasteiger partial charge >= 0.3 is 0 Å². The van der Waals surface area contributed by atoms with E-state index in [9.17, 15) is 4.79 Å². The molecular weight excluding hydrogens is 328 g/mol. The molecule has 0 radical (unpaired) electrons. The van der Waals surface area contributed by atoms with Crippen LogP contribution in [0.1, 0.15) is 15.9 Å². The van der Waals surface area contributed by atoms with Crippen molar-refractivity contribution in [2.24, 2.45) is 0 Å². The first kappa shape index (κ1) is 14.1. The van der Waals surface area contributed by atoms with Crippen molar-refractivity contribution in [2.45, 2.75) is 6.92 Å². The zero-order valence-corrected chi connectivity index (χ0v) is 12.7. The van der Waals surface area contributed by atoms with E-state index in [1.54, 1.807) is 18.2 Å². The molecule has 4 heteroatoms. The van der Waals surface area contributed by atoms with Crippen molar-refractivity contribution in [2.75, 3.05) is 6.61 Å². The van der Waals surface area contributed by atoms with Gasteiger partial charge < -0.3 is 4.74 Å². The summed E-state index contributed by atoms with van der Waals surface area (Å²) in [6.07, 6.45) is 0. The maximum Gasteiger partial charge on any atom is 0.200 e. The summed E-state index contributed by atoms with van der Waals surface area (Å²) in [5.74, 6) is 0.438. The molecule has 2 aromatic carbocycles. The van der Waals surface area contributed by atoms with E-state index in [4.69, 9.17) is 16.3 Å². The van der Waals surface area contributed by atoms with Crippen LogP contribution in [0.4, 0.5) is 0 Å². The number of carbonyl (C=O) groups excluding carboxylic acids is 1. The topological polar surface area (TPSA) is 26.3 Å². The summed E-state index contributed by atoms with van der Waals surface area (Å²) in [7, 11) is 0. The standard InChI is InChI=1S/C15H12BrClO2/c1-10-3-2-4-11(7-10)14(18)9-19-15-6-5-12(16)8-13(15)17/h2-8H,9H2,1H3. The smallest absolute Gasteiger partial charge is 0.200 e. The monoisotopic (exact) mass is 338 g/mol. The van der Waals surface area contributed by atoms with E-state index in [-0.39, 0.29) is 12.4 Å². The second-order valence-corrected chi connectivity index (χ2v) is 5.48. The van der Waals surface area contributed by atoms with Gasteiger partial charge in [0, 0.05) is 10.0 Å². The Hall–Kier alpha value is -1.32. The van der Waals surface area contributed by atoms with Crippen LogP contribution in [0.15, 0.2) is 46.9 Å². The number of hydrogen-bond acceptors (Lipinski definition) is 2. The first-order valence-corrected chi connectivity index (χ1v) is 6.91. The molecule has 0 unspecified atom stereocenters. The number of hydrogen-bond donors (Lipinski definition) is 0. The lowest BCUT2D eigenvalue weighted by Crippen LogP contribution is -2.11. The van der Waals surface area contributed by atoms with Crippen LogP contribution >= 0.6 is 27.5 Å². The van der Waals surface area contributed by atoms with Crippen LogP contribution < -0.4 is 4.74 Å². The summed E-state index contributed by atoms with van der Waals surface area (Å²) < 4.78 is 6.32. The molecule has 0 spiro atoms. The lowest BCUT2D eigenvalue weighted by molar-refractivity contribution is 0.0921. The van der Waals surface area contributed by atoms with Crippen LogP contribution in [-0.4, -0.2) is 12.4 Å². The molecule has 0 saturated carbocycles. The molecule has 0 amide bonds. The van der Waals surface area contributed by atoms with Crippen molar-refractivity contribution in [1.82, 2.24) is 0 Å². The van der Waals surface area contributed by atoms with Gasteiger partial charge in [-0.25, -0.2) is 0 Å². The van der Waals surface area contributed by atoms with E-state index >= 15 is 0 Å². The van der Waals surface area contributed by atoms with E-state index in [1.807, 2.05) is 31.2 Å². The second kappa shape index (κ2) is 6.22. The number of halogens is 2. The van der Waals surface area contributed by atoms with Crippen molar-refractivity contribution in [3.63, 3.8) is 0 Å². The molecule has 0 aliphatic carbocycles. The predicted molar refractivity (Wildman–Crippen MR) is 80.2 cm³/mol. The van der Waals surface area contributed by atoms with Crippen LogP contribution in [0.5, 0.6) is 5.75 Å². The summed E-state index contributed by atoms with van der Waals surface area (Å²) in [5, 5.41) is 0.478. The highest BCUT2D eigenvalue weighted by molar-refractivity contribution is 9.10. The predicted octanol–water partition coefficient (Wildman–Crippen LogP) is 4.67. The van der Waals surface area contributed by atoms with E-state index in [0.29, 0.717) is 16.3 Å². The Morgan fingerprint density at radius 1 is 1.26 bits per heavy atom. The van der Waals surface area contributed by atoms with Crippen molar-refractivity contribution in [1.29, 1.82) is 0 Å². The van der Waals surface area contributed by atoms with Crippen LogP contribution in [0.25, 0.3) is 0 Å². The zero-order valence-electron chi connectivity index (χ0n) is 10.3. The lowest BCUT2D eigenvalue weighted by atomic mass is 10.1. The molecule has 2 rings (SSSR count). The first-order chi connectivity index (χ1) is 9.06. The third-order valence-corrected chi connectivity index (χ3v) is 3.38. The fraction of sp³-hybridized carbons (Fsp3) is 0.133. The largest absolute Gasteiger partial charge is 0.484 e. The maximum atomic E-state index is 12.0. The number of benzene rings is 2. The van der Waals surface area contributed by atoms with Gasteiger partial charge in [-0.2, -0.15) is 0 Å². The van der Waals surface area contributed by atoms with Crippen LogP contribution in [0, 0.1) is 6.92 Å². The van der Waals surface area contributed by atoms with E-state index in [0.717, 1.165) is 10.0 Å². The normalized spacial score (nSPS) is 10.3. The van der Waals surface area contributed by atoms with Gasteiger partial charge in [0.2, 0.25) is 0 Å². The second-order valence-electron chi connectivity index (χ2n) is 4.16. The number of ketones is 1.